The first-order valence-corrected chi connectivity index (χ1v) is 3.79. The normalized spacial score (nSPS) is 17.5. The Bertz CT molecular complexity index is 164. The maximum Gasteiger partial charge on any atom is 0.110 e. The lowest BCUT2D eigenvalue weighted by molar-refractivity contribution is -0.0971. The first-order valence-electron chi connectivity index (χ1n) is 3.79. The van der Waals surface area contributed by atoms with Crippen LogP contribution in [0.4, 0.5) is 0 Å². The minimum Gasteiger partial charge on any atom is -0.394 e. The summed E-state index contributed by atoms with van der Waals surface area (Å²) in [4.78, 5) is 0. The fourth-order valence-electron chi connectivity index (χ4n) is 0.702. The second-order valence-electron chi connectivity index (χ2n) is 2.53. The van der Waals surface area contributed by atoms with Crippen LogP contribution in [0.5, 0.6) is 0 Å². The van der Waals surface area contributed by atoms with Gasteiger partial charge in [0.25, 0.3) is 0 Å². The Balaban J connectivity index is 3.69. The van der Waals surface area contributed by atoms with Gasteiger partial charge < -0.3 is 25.2 Å². The Morgan fingerprint density at radius 3 is 2.31 bits per heavy atom. The van der Waals surface area contributed by atoms with Gasteiger partial charge in [-0.2, -0.15) is 0 Å². The Kier molecular flexibility index (Phi) is 6.49. The van der Waals surface area contributed by atoms with Crippen molar-refractivity contribution >= 4 is 0 Å². The molecule has 0 aliphatic carbocycles. The van der Waals surface area contributed by atoms with Gasteiger partial charge in [0.2, 0.25) is 0 Å². The van der Waals surface area contributed by atoms with E-state index < -0.39 is 24.9 Å². The van der Waals surface area contributed by atoms with Gasteiger partial charge in [0.05, 0.1) is 13.2 Å². The standard InChI is InChI=1S/C8H14O5/c1-2-3-13-5-7(11)8(12)6(10)4-9/h1,6-12H,3-5H2. The molecule has 0 aliphatic rings. The fraction of sp³-hybridized carbons (Fsp3) is 0.750. The zero-order valence-electron chi connectivity index (χ0n) is 7.13. The van der Waals surface area contributed by atoms with Gasteiger partial charge in [-0.15, -0.1) is 6.42 Å². The molecule has 0 amide bonds. The number of terminal acetylenes is 1. The van der Waals surface area contributed by atoms with Gasteiger partial charge in [0.15, 0.2) is 0 Å². The Hall–Kier alpha value is -0.640. The van der Waals surface area contributed by atoms with E-state index in [1.165, 1.54) is 0 Å². The van der Waals surface area contributed by atoms with Crippen LogP contribution in [0.3, 0.4) is 0 Å². The van der Waals surface area contributed by atoms with Crippen LogP contribution in [0, 0.1) is 12.3 Å². The predicted octanol–water partition coefficient (Wildman–Crippen LogP) is -2.29. The van der Waals surface area contributed by atoms with Gasteiger partial charge >= 0.3 is 0 Å². The summed E-state index contributed by atoms with van der Waals surface area (Å²) in [5.41, 5.74) is 0. The van der Waals surface area contributed by atoms with Gasteiger partial charge in [0, 0.05) is 0 Å². The van der Waals surface area contributed by atoms with Crippen molar-refractivity contribution in [2.75, 3.05) is 19.8 Å². The van der Waals surface area contributed by atoms with E-state index in [0.717, 1.165) is 0 Å². The minimum atomic E-state index is -1.43. The molecular formula is C8H14O5. The zero-order chi connectivity index (χ0) is 10.3. The molecule has 3 unspecified atom stereocenters. The molecule has 0 saturated heterocycles. The summed E-state index contributed by atoms with van der Waals surface area (Å²) in [5, 5.41) is 35.6. The molecule has 0 rings (SSSR count). The molecule has 0 aromatic rings. The van der Waals surface area contributed by atoms with E-state index in [1.807, 2.05) is 0 Å². The molecule has 13 heavy (non-hydrogen) atoms. The SMILES string of the molecule is C#CCOCC(O)C(O)C(O)CO. The summed E-state index contributed by atoms with van der Waals surface area (Å²) >= 11 is 0. The minimum absolute atomic E-state index is 0.0268. The molecule has 0 fully saturated rings. The molecule has 0 radical (unpaired) electrons. The topological polar surface area (TPSA) is 90.2 Å². The highest BCUT2D eigenvalue weighted by Crippen LogP contribution is 2.00. The van der Waals surface area contributed by atoms with Crippen molar-refractivity contribution in [3.63, 3.8) is 0 Å². The van der Waals surface area contributed by atoms with Gasteiger partial charge in [-0.05, 0) is 0 Å². The molecule has 76 valence electrons. The van der Waals surface area contributed by atoms with Crippen LogP contribution in [0.15, 0.2) is 0 Å². The van der Waals surface area contributed by atoms with E-state index in [2.05, 4.69) is 5.92 Å². The lowest BCUT2D eigenvalue weighted by Gasteiger charge is -2.20. The maximum atomic E-state index is 9.13. The van der Waals surface area contributed by atoms with E-state index in [4.69, 9.17) is 31.6 Å². The van der Waals surface area contributed by atoms with Gasteiger partial charge in [-0.25, -0.2) is 0 Å². The van der Waals surface area contributed by atoms with E-state index in [1.54, 1.807) is 0 Å². The molecule has 0 aromatic heterocycles. The summed E-state index contributed by atoms with van der Waals surface area (Å²) in [6.45, 7) is -0.769. The highest BCUT2D eigenvalue weighted by Gasteiger charge is 2.23. The summed E-state index contributed by atoms with van der Waals surface area (Å²) in [6.07, 6.45) is 0.815. The van der Waals surface area contributed by atoms with Crippen LogP contribution in [-0.2, 0) is 4.74 Å². The molecule has 0 spiro atoms. The maximum absolute atomic E-state index is 9.13. The number of ether oxygens (including phenoxy) is 1. The molecule has 0 bridgehead atoms. The molecule has 0 aliphatic heterocycles. The molecule has 0 saturated carbocycles. The molecule has 0 heterocycles. The van der Waals surface area contributed by atoms with Crippen LogP contribution in [-0.4, -0.2) is 58.6 Å². The van der Waals surface area contributed by atoms with Crippen LogP contribution < -0.4 is 0 Å². The molecular weight excluding hydrogens is 176 g/mol. The number of hydrogen-bond acceptors (Lipinski definition) is 5. The van der Waals surface area contributed by atoms with Crippen LogP contribution >= 0.6 is 0 Å². The molecule has 5 heteroatoms. The number of aliphatic hydroxyl groups is 4. The zero-order valence-corrected chi connectivity index (χ0v) is 7.13. The lowest BCUT2D eigenvalue weighted by atomic mass is 10.1. The van der Waals surface area contributed by atoms with Gasteiger partial charge in [-0.3, -0.25) is 0 Å². The van der Waals surface area contributed by atoms with Crippen LogP contribution in [0.2, 0.25) is 0 Å². The van der Waals surface area contributed by atoms with E-state index in [9.17, 15) is 0 Å². The molecule has 5 nitrogen and oxygen atoms in total. The third-order valence-electron chi connectivity index (χ3n) is 1.45. The second-order valence-corrected chi connectivity index (χ2v) is 2.53. The number of hydrogen-bond donors (Lipinski definition) is 4. The Labute approximate surface area is 76.6 Å². The largest absolute Gasteiger partial charge is 0.394 e. The van der Waals surface area contributed by atoms with E-state index in [-0.39, 0.29) is 13.2 Å². The quantitative estimate of drug-likeness (QED) is 0.279. The summed E-state index contributed by atoms with van der Waals surface area (Å²) in [6, 6.07) is 0. The summed E-state index contributed by atoms with van der Waals surface area (Å²) < 4.78 is 4.72. The Morgan fingerprint density at radius 2 is 1.85 bits per heavy atom. The smallest absolute Gasteiger partial charge is 0.110 e. The Morgan fingerprint density at radius 1 is 1.23 bits per heavy atom. The summed E-state index contributed by atoms with van der Waals surface area (Å²) in [7, 11) is 0. The van der Waals surface area contributed by atoms with Crippen molar-refractivity contribution in [2.45, 2.75) is 18.3 Å². The monoisotopic (exact) mass is 190 g/mol. The highest BCUT2D eigenvalue weighted by atomic mass is 16.5. The van der Waals surface area contributed by atoms with Gasteiger partial charge in [0.1, 0.15) is 24.9 Å². The molecule has 0 aromatic carbocycles. The third-order valence-corrected chi connectivity index (χ3v) is 1.45. The summed E-state index contributed by atoms with van der Waals surface area (Å²) in [5.74, 6) is 2.18. The molecule has 3 atom stereocenters. The predicted molar refractivity (Wildman–Crippen MR) is 44.8 cm³/mol. The van der Waals surface area contributed by atoms with Gasteiger partial charge in [-0.1, -0.05) is 5.92 Å². The molecule has 4 N–H and O–H groups in total. The van der Waals surface area contributed by atoms with Crippen molar-refractivity contribution in [1.29, 1.82) is 0 Å². The van der Waals surface area contributed by atoms with Crippen molar-refractivity contribution in [1.82, 2.24) is 0 Å². The fourth-order valence-corrected chi connectivity index (χ4v) is 0.702. The van der Waals surface area contributed by atoms with Crippen molar-refractivity contribution in [2.24, 2.45) is 0 Å². The number of aliphatic hydroxyl groups excluding tert-OH is 4. The van der Waals surface area contributed by atoms with Crippen molar-refractivity contribution in [3.8, 4) is 12.3 Å². The van der Waals surface area contributed by atoms with Crippen molar-refractivity contribution in [3.05, 3.63) is 0 Å². The number of rotatable bonds is 6. The third kappa shape index (κ3) is 4.83. The average molecular weight is 190 g/mol. The van der Waals surface area contributed by atoms with E-state index >= 15 is 0 Å². The van der Waals surface area contributed by atoms with E-state index in [0.29, 0.717) is 0 Å². The first-order chi connectivity index (χ1) is 6.13. The first kappa shape index (κ1) is 12.4. The second kappa shape index (κ2) is 6.83. The van der Waals surface area contributed by atoms with Crippen LogP contribution in [0.25, 0.3) is 0 Å². The van der Waals surface area contributed by atoms with Crippen molar-refractivity contribution < 1.29 is 25.2 Å². The highest BCUT2D eigenvalue weighted by molar-refractivity contribution is 4.83. The average Bonchev–Trinajstić information content (AvgIpc) is 2.15. The lowest BCUT2D eigenvalue weighted by Crippen LogP contribution is -2.41. The van der Waals surface area contributed by atoms with Crippen LogP contribution in [0.1, 0.15) is 0 Å².